The van der Waals surface area contributed by atoms with Crippen LogP contribution in [0.25, 0.3) is 0 Å². The normalized spacial score (nSPS) is 10.6. The number of rotatable bonds is 6. The van der Waals surface area contributed by atoms with Crippen molar-refractivity contribution in [1.82, 2.24) is 20.8 Å². The lowest BCUT2D eigenvalue weighted by Gasteiger charge is -2.04. The summed E-state index contributed by atoms with van der Waals surface area (Å²) in [4.78, 5) is 23.4. The molecule has 0 atom stereocenters. The fourth-order valence-electron chi connectivity index (χ4n) is 1.69. The Morgan fingerprint density at radius 1 is 1.29 bits per heavy atom. The van der Waals surface area contributed by atoms with E-state index in [0.29, 0.717) is 18.8 Å². The lowest BCUT2D eigenvalue weighted by molar-refractivity contribution is 0.0909. The minimum absolute atomic E-state index is 0.246. The van der Waals surface area contributed by atoms with E-state index in [2.05, 4.69) is 20.8 Å². The van der Waals surface area contributed by atoms with Gasteiger partial charge in [-0.2, -0.15) is 5.10 Å². The highest BCUT2D eigenvalue weighted by Gasteiger charge is 2.12. The van der Waals surface area contributed by atoms with Crippen molar-refractivity contribution in [1.29, 1.82) is 0 Å². The average molecular weight is 290 g/mol. The Kier molecular flexibility index (Phi) is 4.76. The maximum atomic E-state index is 11.8. The minimum Gasteiger partial charge on any atom is -0.459 e. The van der Waals surface area contributed by atoms with Crippen LogP contribution in [-0.2, 0) is 0 Å². The van der Waals surface area contributed by atoms with Gasteiger partial charge in [0.1, 0.15) is 5.69 Å². The second kappa shape index (κ2) is 6.74. The maximum Gasteiger partial charge on any atom is 0.287 e. The van der Waals surface area contributed by atoms with Crippen molar-refractivity contribution < 1.29 is 14.0 Å². The molecule has 0 aliphatic rings. The van der Waals surface area contributed by atoms with Gasteiger partial charge in [0.25, 0.3) is 11.8 Å². The molecule has 0 aliphatic carbocycles. The van der Waals surface area contributed by atoms with Crippen LogP contribution in [0.1, 0.15) is 46.5 Å². The fraction of sp³-hybridized carbons (Fsp3) is 0.357. The molecule has 0 saturated heterocycles. The summed E-state index contributed by atoms with van der Waals surface area (Å²) in [5.74, 6) is -0.0525. The highest BCUT2D eigenvalue weighted by Crippen LogP contribution is 2.11. The van der Waals surface area contributed by atoms with Crippen molar-refractivity contribution in [2.24, 2.45) is 0 Å². The first-order valence-electron chi connectivity index (χ1n) is 6.73. The number of nitrogens with one attached hydrogen (secondary N) is 3. The Labute approximate surface area is 122 Å². The quantitative estimate of drug-likeness (QED) is 0.698. The van der Waals surface area contributed by atoms with Crippen LogP contribution in [0.15, 0.2) is 28.9 Å². The van der Waals surface area contributed by atoms with E-state index in [1.807, 2.05) is 13.8 Å². The summed E-state index contributed by atoms with van der Waals surface area (Å²) < 4.78 is 4.95. The largest absolute Gasteiger partial charge is 0.459 e. The Bertz CT molecular complexity index is 602. The van der Waals surface area contributed by atoms with Crippen LogP contribution in [0.5, 0.6) is 0 Å². The molecule has 2 aromatic rings. The van der Waals surface area contributed by atoms with Crippen LogP contribution in [0.4, 0.5) is 0 Å². The summed E-state index contributed by atoms with van der Waals surface area (Å²) in [6, 6.07) is 4.94. The standard InChI is InChI=1S/C14H18N4O3/c1-9(2)10-8-11(18-17-10)13(19)15-5-6-16-14(20)12-4-3-7-21-12/h3-4,7-9H,5-6H2,1-2H3,(H,15,19)(H,16,20)(H,17,18). The maximum absolute atomic E-state index is 11.8. The van der Waals surface area contributed by atoms with E-state index in [0.717, 1.165) is 5.69 Å². The van der Waals surface area contributed by atoms with E-state index >= 15 is 0 Å². The van der Waals surface area contributed by atoms with Gasteiger partial charge >= 0.3 is 0 Å². The molecule has 0 radical (unpaired) electrons. The first kappa shape index (κ1) is 14.8. The van der Waals surface area contributed by atoms with E-state index in [1.165, 1.54) is 6.26 Å². The number of furan rings is 1. The van der Waals surface area contributed by atoms with Crippen molar-refractivity contribution in [3.8, 4) is 0 Å². The summed E-state index contributed by atoms with van der Waals surface area (Å²) in [7, 11) is 0. The number of aromatic amines is 1. The molecule has 0 aliphatic heterocycles. The van der Waals surface area contributed by atoms with E-state index in [4.69, 9.17) is 4.42 Å². The summed E-state index contributed by atoms with van der Waals surface area (Å²) >= 11 is 0. The van der Waals surface area contributed by atoms with Crippen LogP contribution in [0.2, 0.25) is 0 Å². The van der Waals surface area contributed by atoms with Gasteiger partial charge in [0, 0.05) is 18.8 Å². The molecular weight excluding hydrogens is 272 g/mol. The van der Waals surface area contributed by atoms with Crippen molar-refractivity contribution in [2.75, 3.05) is 13.1 Å². The molecular formula is C14H18N4O3. The zero-order valence-electron chi connectivity index (χ0n) is 12.0. The molecule has 0 aromatic carbocycles. The van der Waals surface area contributed by atoms with Gasteiger partial charge in [-0.1, -0.05) is 13.8 Å². The van der Waals surface area contributed by atoms with Gasteiger partial charge in [0.05, 0.1) is 6.26 Å². The molecule has 0 bridgehead atoms. The number of carbonyl (C=O) groups excluding carboxylic acids is 2. The molecule has 21 heavy (non-hydrogen) atoms. The van der Waals surface area contributed by atoms with Gasteiger partial charge in [0.15, 0.2) is 5.76 Å². The highest BCUT2D eigenvalue weighted by atomic mass is 16.3. The van der Waals surface area contributed by atoms with Crippen LogP contribution < -0.4 is 10.6 Å². The number of nitrogens with zero attached hydrogens (tertiary/aromatic N) is 1. The SMILES string of the molecule is CC(C)c1cc(C(=O)NCCNC(=O)c2ccco2)n[nH]1. The topological polar surface area (TPSA) is 100 Å². The van der Waals surface area contributed by atoms with Crippen LogP contribution in [-0.4, -0.2) is 35.1 Å². The number of aromatic nitrogens is 2. The molecule has 112 valence electrons. The molecule has 2 heterocycles. The van der Waals surface area contributed by atoms with Gasteiger partial charge in [-0.3, -0.25) is 14.7 Å². The van der Waals surface area contributed by atoms with Crippen LogP contribution in [0, 0.1) is 0 Å². The van der Waals surface area contributed by atoms with Crippen LogP contribution >= 0.6 is 0 Å². The van der Waals surface area contributed by atoms with Crippen molar-refractivity contribution >= 4 is 11.8 Å². The molecule has 2 aromatic heterocycles. The first-order valence-corrected chi connectivity index (χ1v) is 6.73. The molecule has 7 heteroatoms. The second-order valence-corrected chi connectivity index (χ2v) is 4.85. The van der Waals surface area contributed by atoms with Gasteiger partial charge in [-0.25, -0.2) is 0 Å². The summed E-state index contributed by atoms with van der Waals surface area (Å²) in [5, 5.41) is 12.1. The number of amides is 2. The van der Waals surface area contributed by atoms with Crippen molar-refractivity contribution in [3.05, 3.63) is 41.6 Å². The Morgan fingerprint density at radius 2 is 2.00 bits per heavy atom. The first-order chi connectivity index (χ1) is 10.1. The third kappa shape index (κ3) is 3.95. The smallest absolute Gasteiger partial charge is 0.287 e. The number of hydrogen-bond acceptors (Lipinski definition) is 4. The van der Waals surface area contributed by atoms with Crippen LogP contribution in [0.3, 0.4) is 0 Å². The number of carbonyl (C=O) groups is 2. The van der Waals surface area contributed by atoms with E-state index < -0.39 is 0 Å². The molecule has 7 nitrogen and oxygen atoms in total. The lowest BCUT2D eigenvalue weighted by atomic mass is 10.1. The zero-order valence-corrected chi connectivity index (χ0v) is 12.0. The lowest BCUT2D eigenvalue weighted by Crippen LogP contribution is -2.34. The van der Waals surface area contributed by atoms with Crippen molar-refractivity contribution in [3.63, 3.8) is 0 Å². The molecule has 0 saturated carbocycles. The monoisotopic (exact) mass is 290 g/mol. The minimum atomic E-state index is -0.309. The molecule has 0 spiro atoms. The van der Waals surface area contributed by atoms with E-state index in [-0.39, 0.29) is 23.5 Å². The zero-order chi connectivity index (χ0) is 15.2. The second-order valence-electron chi connectivity index (χ2n) is 4.85. The molecule has 0 unspecified atom stereocenters. The molecule has 2 amide bonds. The Morgan fingerprint density at radius 3 is 2.57 bits per heavy atom. The summed E-state index contributed by atoms with van der Waals surface area (Å²) in [6.07, 6.45) is 1.43. The Hall–Kier alpha value is -2.57. The summed E-state index contributed by atoms with van der Waals surface area (Å²) in [5.41, 5.74) is 1.25. The van der Waals surface area contributed by atoms with Gasteiger partial charge in [-0.15, -0.1) is 0 Å². The molecule has 0 fully saturated rings. The predicted molar refractivity (Wildman–Crippen MR) is 76.1 cm³/mol. The van der Waals surface area contributed by atoms with Gasteiger partial charge < -0.3 is 15.1 Å². The Balaban J connectivity index is 1.73. The predicted octanol–water partition coefficient (Wildman–Crippen LogP) is 1.29. The third-order valence-corrected chi connectivity index (χ3v) is 2.89. The molecule has 2 rings (SSSR count). The summed E-state index contributed by atoms with van der Waals surface area (Å²) in [6.45, 7) is 4.65. The third-order valence-electron chi connectivity index (χ3n) is 2.89. The highest BCUT2D eigenvalue weighted by molar-refractivity contribution is 5.93. The number of hydrogen-bond donors (Lipinski definition) is 3. The van der Waals surface area contributed by atoms with E-state index in [9.17, 15) is 9.59 Å². The van der Waals surface area contributed by atoms with Gasteiger partial charge in [0.2, 0.25) is 0 Å². The number of H-pyrrole nitrogens is 1. The van der Waals surface area contributed by atoms with E-state index in [1.54, 1.807) is 18.2 Å². The fourth-order valence-corrected chi connectivity index (χ4v) is 1.69. The van der Waals surface area contributed by atoms with Crippen molar-refractivity contribution in [2.45, 2.75) is 19.8 Å². The average Bonchev–Trinajstić information content (AvgIpc) is 3.13. The van der Waals surface area contributed by atoms with Gasteiger partial charge in [-0.05, 0) is 24.1 Å². The molecule has 3 N–H and O–H groups in total.